The van der Waals surface area contributed by atoms with Gasteiger partial charge in [0.05, 0.1) is 16.1 Å². The van der Waals surface area contributed by atoms with Gasteiger partial charge in [-0.2, -0.15) is 0 Å². The second-order valence-electron chi connectivity index (χ2n) is 7.04. The van der Waals surface area contributed by atoms with Crippen LogP contribution in [0.5, 0.6) is 0 Å². The summed E-state index contributed by atoms with van der Waals surface area (Å²) < 4.78 is 16.6. The number of carboxylic acids is 1. The molecule has 7 nitrogen and oxygen atoms in total. The topological polar surface area (TPSA) is 82.8 Å². The van der Waals surface area contributed by atoms with E-state index in [1.807, 2.05) is 23.3 Å². The third kappa shape index (κ3) is 3.45. The van der Waals surface area contributed by atoms with Gasteiger partial charge in [-0.05, 0) is 30.5 Å². The molecule has 3 aromatic rings. The van der Waals surface area contributed by atoms with Gasteiger partial charge in [-0.1, -0.05) is 6.07 Å². The predicted octanol–water partition coefficient (Wildman–Crippen LogP) is 2.88. The average Bonchev–Trinajstić information content (AvgIpc) is 3.28. The number of piperazine rings is 1. The van der Waals surface area contributed by atoms with E-state index in [-0.39, 0.29) is 16.9 Å². The quantitative estimate of drug-likeness (QED) is 0.690. The number of pyridine rings is 1. The summed E-state index contributed by atoms with van der Waals surface area (Å²) in [5, 5.41) is 11.2. The molecular formula is C21H20FN3O4S. The van der Waals surface area contributed by atoms with Crippen molar-refractivity contribution in [2.45, 2.75) is 13.5 Å². The number of fused-ring (bicyclic) bond motifs is 1. The molecule has 1 N–H and O–H groups in total. The van der Waals surface area contributed by atoms with Crippen LogP contribution in [0.4, 0.5) is 10.1 Å². The van der Waals surface area contributed by atoms with Crippen LogP contribution < -0.4 is 10.3 Å². The zero-order valence-corrected chi connectivity index (χ0v) is 17.1. The average molecular weight is 429 g/mol. The van der Waals surface area contributed by atoms with Crippen LogP contribution in [0, 0.1) is 5.82 Å². The molecule has 156 valence electrons. The number of rotatable bonds is 4. The van der Waals surface area contributed by atoms with Gasteiger partial charge in [0.1, 0.15) is 11.4 Å². The van der Waals surface area contributed by atoms with Gasteiger partial charge in [-0.3, -0.25) is 9.59 Å². The standard InChI is InChI=1S/C21H20FN3O4S/c1-2-23-12-14(21(28)29)19(26)13-10-15(22)17(11-16(13)23)24-5-7-25(8-6-24)20(27)18-4-3-9-30-18/h3-4,9-12H,2,5-8H2,1H3,(H,28,29). The molecule has 1 aromatic carbocycles. The Balaban J connectivity index is 1.65. The van der Waals surface area contributed by atoms with Crippen molar-refractivity contribution in [3.05, 3.63) is 62.3 Å². The molecule has 0 bridgehead atoms. The smallest absolute Gasteiger partial charge is 0.341 e. The lowest BCUT2D eigenvalue weighted by molar-refractivity contribution is 0.0693. The number of aromatic nitrogens is 1. The highest BCUT2D eigenvalue weighted by Gasteiger charge is 2.25. The minimum Gasteiger partial charge on any atom is -0.477 e. The highest BCUT2D eigenvalue weighted by atomic mass is 32.1. The lowest BCUT2D eigenvalue weighted by Crippen LogP contribution is -2.48. The van der Waals surface area contributed by atoms with E-state index in [0.717, 1.165) is 6.07 Å². The van der Waals surface area contributed by atoms with Gasteiger partial charge in [-0.15, -0.1) is 11.3 Å². The Morgan fingerprint density at radius 1 is 1.20 bits per heavy atom. The molecule has 0 atom stereocenters. The van der Waals surface area contributed by atoms with Crippen molar-refractivity contribution in [1.82, 2.24) is 9.47 Å². The van der Waals surface area contributed by atoms with E-state index in [1.165, 1.54) is 17.5 Å². The number of amides is 1. The molecule has 4 rings (SSSR count). The Bertz CT molecular complexity index is 1180. The number of anilines is 1. The molecular weight excluding hydrogens is 409 g/mol. The van der Waals surface area contributed by atoms with Gasteiger partial charge in [0.2, 0.25) is 5.43 Å². The van der Waals surface area contributed by atoms with Crippen molar-refractivity contribution in [1.29, 1.82) is 0 Å². The third-order valence-electron chi connectivity index (χ3n) is 5.36. The fourth-order valence-corrected chi connectivity index (χ4v) is 4.45. The summed E-state index contributed by atoms with van der Waals surface area (Å²) in [6.45, 7) is 4.12. The largest absolute Gasteiger partial charge is 0.477 e. The summed E-state index contributed by atoms with van der Waals surface area (Å²) in [4.78, 5) is 40.6. The first-order valence-corrected chi connectivity index (χ1v) is 10.5. The first kappa shape index (κ1) is 20.1. The number of hydrogen-bond donors (Lipinski definition) is 1. The van der Waals surface area contributed by atoms with Crippen LogP contribution in [-0.2, 0) is 6.54 Å². The van der Waals surface area contributed by atoms with E-state index >= 15 is 0 Å². The number of aromatic carboxylic acids is 1. The molecule has 0 radical (unpaired) electrons. The van der Waals surface area contributed by atoms with Crippen LogP contribution in [0.2, 0.25) is 0 Å². The van der Waals surface area contributed by atoms with Crippen molar-refractivity contribution in [3.8, 4) is 0 Å². The van der Waals surface area contributed by atoms with Gasteiger partial charge in [0.25, 0.3) is 5.91 Å². The van der Waals surface area contributed by atoms with Crippen LogP contribution in [0.25, 0.3) is 10.9 Å². The first-order valence-electron chi connectivity index (χ1n) is 9.58. The zero-order chi connectivity index (χ0) is 21.4. The maximum atomic E-state index is 14.9. The van der Waals surface area contributed by atoms with Crippen molar-refractivity contribution in [2.75, 3.05) is 31.1 Å². The van der Waals surface area contributed by atoms with Gasteiger partial charge in [-0.25, -0.2) is 9.18 Å². The Kier molecular flexibility index (Phi) is 5.29. The number of hydrogen-bond acceptors (Lipinski definition) is 5. The van der Waals surface area contributed by atoms with Crippen LogP contribution >= 0.6 is 11.3 Å². The second kappa shape index (κ2) is 7.91. The van der Waals surface area contributed by atoms with Gasteiger partial charge < -0.3 is 19.5 Å². The number of benzene rings is 1. The van der Waals surface area contributed by atoms with Crippen LogP contribution in [0.3, 0.4) is 0 Å². The van der Waals surface area contributed by atoms with E-state index in [0.29, 0.717) is 48.8 Å². The highest BCUT2D eigenvalue weighted by molar-refractivity contribution is 7.12. The van der Waals surface area contributed by atoms with Crippen molar-refractivity contribution in [2.24, 2.45) is 0 Å². The molecule has 30 heavy (non-hydrogen) atoms. The Hall–Kier alpha value is -3.20. The molecule has 0 aliphatic carbocycles. The second-order valence-corrected chi connectivity index (χ2v) is 7.99. The number of carboxylic acid groups (broad SMARTS) is 1. The number of nitrogens with zero attached hydrogens (tertiary/aromatic N) is 3. The fraction of sp³-hybridized carbons (Fsp3) is 0.286. The van der Waals surface area contributed by atoms with Crippen molar-refractivity contribution < 1.29 is 19.1 Å². The van der Waals surface area contributed by atoms with E-state index in [1.54, 1.807) is 21.6 Å². The van der Waals surface area contributed by atoms with Gasteiger partial charge >= 0.3 is 5.97 Å². The lowest BCUT2D eigenvalue weighted by atomic mass is 10.1. The summed E-state index contributed by atoms with van der Waals surface area (Å²) in [7, 11) is 0. The molecule has 3 heterocycles. The Labute approximate surface area is 175 Å². The van der Waals surface area contributed by atoms with Crippen molar-refractivity contribution >= 4 is 39.8 Å². The highest BCUT2D eigenvalue weighted by Crippen LogP contribution is 2.27. The first-order chi connectivity index (χ1) is 14.4. The van der Waals surface area contributed by atoms with Crippen molar-refractivity contribution in [3.63, 3.8) is 0 Å². The zero-order valence-electron chi connectivity index (χ0n) is 16.3. The fourth-order valence-electron chi connectivity index (χ4n) is 3.76. The van der Waals surface area contributed by atoms with Crippen LogP contribution in [0.1, 0.15) is 27.0 Å². The molecule has 1 fully saturated rings. The predicted molar refractivity (Wildman–Crippen MR) is 113 cm³/mol. The number of carbonyl (C=O) groups is 2. The monoisotopic (exact) mass is 429 g/mol. The van der Waals surface area contributed by atoms with E-state index in [9.17, 15) is 23.9 Å². The number of aryl methyl sites for hydroxylation is 1. The van der Waals surface area contributed by atoms with Gasteiger partial charge in [0.15, 0.2) is 0 Å². The normalized spacial score (nSPS) is 14.3. The van der Waals surface area contributed by atoms with Gasteiger partial charge in [0, 0.05) is 44.3 Å². The molecule has 0 saturated carbocycles. The maximum absolute atomic E-state index is 14.9. The lowest BCUT2D eigenvalue weighted by Gasteiger charge is -2.36. The minimum absolute atomic E-state index is 0.0235. The summed E-state index contributed by atoms with van der Waals surface area (Å²) in [5.74, 6) is -1.94. The Morgan fingerprint density at radius 2 is 1.93 bits per heavy atom. The molecule has 1 amide bonds. The third-order valence-corrected chi connectivity index (χ3v) is 6.22. The molecule has 0 spiro atoms. The SMILES string of the molecule is CCn1cc(C(=O)O)c(=O)c2cc(F)c(N3CCN(C(=O)c4cccs4)CC3)cc21. The van der Waals surface area contributed by atoms with Crippen LogP contribution in [0.15, 0.2) is 40.6 Å². The Morgan fingerprint density at radius 3 is 2.53 bits per heavy atom. The minimum atomic E-state index is -1.33. The molecule has 1 saturated heterocycles. The molecule has 1 aliphatic rings. The van der Waals surface area contributed by atoms with E-state index < -0.39 is 17.2 Å². The van der Waals surface area contributed by atoms with E-state index in [4.69, 9.17) is 0 Å². The van der Waals surface area contributed by atoms with E-state index in [2.05, 4.69) is 0 Å². The molecule has 0 unspecified atom stereocenters. The summed E-state index contributed by atoms with van der Waals surface area (Å²) in [6.07, 6.45) is 1.30. The molecule has 9 heteroatoms. The maximum Gasteiger partial charge on any atom is 0.341 e. The number of halogens is 1. The van der Waals surface area contributed by atoms with Crippen LogP contribution in [-0.4, -0.2) is 52.6 Å². The molecule has 1 aliphatic heterocycles. The summed E-state index contributed by atoms with van der Waals surface area (Å²) in [5.41, 5.74) is -0.243. The summed E-state index contributed by atoms with van der Waals surface area (Å²) >= 11 is 1.40. The number of thiophene rings is 1. The number of carbonyl (C=O) groups excluding carboxylic acids is 1. The molecule has 2 aromatic heterocycles. The summed E-state index contributed by atoms with van der Waals surface area (Å²) in [6, 6.07) is 6.34.